The molecule has 98 valence electrons. The van der Waals surface area contributed by atoms with Gasteiger partial charge in [-0.1, -0.05) is 6.07 Å². The van der Waals surface area contributed by atoms with Crippen molar-refractivity contribution < 1.29 is 14.4 Å². The van der Waals surface area contributed by atoms with Crippen LogP contribution in [-0.4, -0.2) is 11.1 Å². The number of nitrogens with one attached hydrogen (secondary N) is 2. The molecular formula is C13H11FN2O2S. The van der Waals surface area contributed by atoms with Crippen molar-refractivity contribution in [1.82, 2.24) is 5.48 Å². The second-order valence-corrected chi connectivity index (χ2v) is 4.56. The van der Waals surface area contributed by atoms with E-state index >= 15 is 0 Å². The summed E-state index contributed by atoms with van der Waals surface area (Å²) >= 11 is 1.27. The Morgan fingerprint density at radius 2 is 1.89 bits per heavy atom. The number of rotatable bonds is 4. The van der Waals surface area contributed by atoms with E-state index in [2.05, 4.69) is 4.72 Å². The number of amides is 1. The predicted molar refractivity (Wildman–Crippen MR) is 71.6 cm³/mol. The molecule has 0 unspecified atom stereocenters. The summed E-state index contributed by atoms with van der Waals surface area (Å²) in [5.41, 5.74) is 2.68. The molecular weight excluding hydrogens is 267 g/mol. The van der Waals surface area contributed by atoms with Gasteiger partial charge in [-0.2, -0.15) is 0 Å². The number of hydroxylamine groups is 1. The fourth-order valence-electron chi connectivity index (χ4n) is 1.40. The van der Waals surface area contributed by atoms with Gasteiger partial charge in [0.2, 0.25) is 0 Å². The number of hydrogen-bond donors (Lipinski definition) is 3. The van der Waals surface area contributed by atoms with E-state index in [-0.39, 0.29) is 5.82 Å². The van der Waals surface area contributed by atoms with Crippen molar-refractivity contribution in [2.24, 2.45) is 0 Å². The number of hydrogen-bond acceptors (Lipinski definition) is 4. The zero-order chi connectivity index (χ0) is 13.7. The molecule has 0 radical (unpaired) electrons. The van der Waals surface area contributed by atoms with Gasteiger partial charge >= 0.3 is 0 Å². The maximum absolute atomic E-state index is 13.0. The highest BCUT2D eigenvalue weighted by molar-refractivity contribution is 8.00. The Hall–Kier alpha value is -2.05. The van der Waals surface area contributed by atoms with Crippen LogP contribution in [0.25, 0.3) is 0 Å². The second-order valence-electron chi connectivity index (χ2n) is 3.68. The van der Waals surface area contributed by atoms with Gasteiger partial charge in [-0.15, -0.1) is 0 Å². The Morgan fingerprint density at radius 1 is 1.16 bits per heavy atom. The van der Waals surface area contributed by atoms with E-state index in [4.69, 9.17) is 5.21 Å². The molecule has 0 fully saturated rings. The van der Waals surface area contributed by atoms with Crippen molar-refractivity contribution in [2.75, 3.05) is 4.72 Å². The van der Waals surface area contributed by atoms with E-state index in [9.17, 15) is 9.18 Å². The first kappa shape index (κ1) is 13.4. The molecule has 2 rings (SSSR count). The first-order chi connectivity index (χ1) is 9.19. The van der Waals surface area contributed by atoms with E-state index in [0.717, 1.165) is 10.6 Å². The van der Waals surface area contributed by atoms with Crippen LogP contribution in [0.1, 0.15) is 10.4 Å². The van der Waals surface area contributed by atoms with Gasteiger partial charge in [0.05, 0.1) is 0 Å². The maximum atomic E-state index is 13.0. The summed E-state index contributed by atoms with van der Waals surface area (Å²) in [6.45, 7) is 0. The van der Waals surface area contributed by atoms with Crippen LogP contribution in [0.2, 0.25) is 0 Å². The Labute approximate surface area is 113 Å². The van der Waals surface area contributed by atoms with Crippen LogP contribution in [-0.2, 0) is 0 Å². The van der Waals surface area contributed by atoms with Crippen LogP contribution < -0.4 is 10.2 Å². The summed E-state index contributed by atoms with van der Waals surface area (Å²) in [4.78, 5) is 11.9. The van der Waals surface area contributed by atoms with Crippen LogP contribution in [0.3, 0.4) is 0 Å². The summed E-state index contributed by atoms with van der Waals surface area (Å²) in [6.07, 6.45) is 0. The second kappa shape index (κ2) is 6.21. The van der Waals surface area contributed by atoms with Gasteiger partial charge < -0.3 is 4.72 Å². The van der Waals surface area contributed by atoms with Crippen LogP contribution >= 0.6 is 11.9 Å². The van der Waals surface area contributed by atoms with Crippen molar-refractivity contribution in [1.29, 1.82) is 0 Å². The third-order valence-electron chi connectivity index (χ3n) is 2.33. The molecule has 0 atom stereocenters. The monoisotopic (exact) mass is 278 g/mol. The quantitative estimate of drug-likeness (QED) is 0.457. The molecule has 0 aliphatic carbocycles. The molecule has 0 aliphatic heterocycles. The number of benzene rings is 2. The SMILES string of the molecule is O=C(NO)c1ccc(NSc2cccc(F)c2)cc1. The molecule has 19 heavy (non-hydrogen) atoms. The molecule has 2 aromatic carbocycles. The molecule has 1 amide bonds. The number of carbonyl (C=O) groups excluding carboxylic acids is 1. The Bertz CT molecular complexity index is 575. The summed E-state index contributed by atoms with van der Waals surface area (Å²) in [7, 11) is 0. The molecule has 2 aromatic rings. The molecule has 0 spiro atoms. The lowest BCUT2D eigenvalue weighted by Gasteiger charge is -2.06. The Morgan fingerprint density at radius 3 is 2.53 bits per heavy atom. The molecule has 0 aliphatic rings. The number of anilines is 1. The summed E-state index contributed by atoms with van der Waals surface area (Å²) in [5.74, 6) is -0.855. The van der Waals surface area contributed by atoms with Crippen molar-refractivity contribution in [3.63, 3.8) is 0 Å². The zero-order valence-electron chi connectivity index (χ0n) is 9.76. The fourth-order valence-corrected chi connectivity index (χ4v) is 2.09. The highest BCUT2D eigenvalue weighted by Crippen LogP contribution is 2.21. The van der Waals surface area contributed by atoms with Crippen LogP contribution in [0.15, 0.2) is 53.4 Å². The Kier molecular flexibility index (Phi) is 4.38. The van der Waals surface area contributed by atoms with E-state index < -0.39 is 5.91 Å². The first-order valence-corrected chi connectivity index (χ1v) is 6.23. The molecule has 4 nitrogen and oxygen atoms in total. The molecule has 0 heterocycles. The lowest BCUT2D eigenvalue weighted by molar-refractivity contribution is 0.0706. The zero-order valence-corrected chi connectivity index (χ0v) is 10.6. The standard InChI is InChI=1S/C13H11FN2O2S/c14-10-2-1-3-12(8-10)19-16-11-6-4-9(5-7-11)13(17)15-18/h1-8,16,18H,(H,15,17). The van der Waals surface area contributed by atoms with Crippen molar-refractivity contribution >= 4 is 23.5 Å². The minimum atomic E-state index is -0.565. The maximum Gasteiger partial charge on any atom is 0.274 e. The molecule has 0 saturated heterocycles. The summed E-state index contributed by atoms with van der Waals surface area (Å²) in [5, 5.41) is 8.48. The van der Waals surface area contributed by atoms with Gasteiger partial charge in [0.25, 0.3) is 5.91 Å². The average molecular weight is 278 g/mol. The first-order valence-electron chi connectivity index (χ1n) is 5.42. The topological polar surface area (TPSA) is 61.4 Å². The van der Waals surface area contributed by atoms with Gasteiger partial charge in [0, 0.05) is 16.1 Å². The number of halogens is 1. The van der Waals surface area contributed by atoms with Gasteiger partial charge in [0.15, 0.2) is 0 Å². The van der Waals surface area contributed by atoms with Crippen molar-refractivity contribution in [3.8, 4) is 0 Å². The molecule has 6 heteroatoms. The Balaban J connectivity index is 1.98. The van der Waals surface area contributed by atoms with Gasteiger partial charge in [-0.05, 0) is 54.4 Å². The van der Waals surface area contributed by atoms with Crippen LogP contribution in [0.5, 0.6) is 0 Å². The largest absolute Gasteiger partial charge is 0.326 e. The molecule has 3 N–H and O–H groups in total. The summed E-state index contributed by atoms with van der Waals surface area (Å²) < 4.78 is 16.0. The van der Waals surface area contributed by atoms with Gasteiger partial charge in [0.1, 0.15) is 5.82 Å². The lowest BCUT2D eigenvalue weighted by atomic mass is 10.2. The van der Waals surface area contributed by atoms with Crippen LogP contribution in [0, 0.1) is 5.82 Å². The highest BCUT2D eigenvalue weighted by Gasteiger charge is 2.03. The number of carbonyl (C=O) groups is 1. The van der Waals surface area contributed by atoms with E-state index in [1.54, 1.807) is 41.9 Å². The van der Waals surface area contributed by atoms with E-state index in [0.29, 0.717) is 5.56 Å². The minimum Gasteiger partial charge on any atom is -0.326 e. The molecule has 0 aromatic heterocycles. The minimum absolute atomic E-state index is 0.290. The molecule has 0 bridgehead atoms. The predicted octanol–water partition coefficient (Wildman–Crippen LogP) is 3.06. The van der Waals surface area contributed by atoms with Crippen molar-refractivity contribution in [3.05, 3.63) is 59.9 Å². The third-order valence-corrected chi connectivity index (χ3v) is 3.16. The normalized spacial score (nSPS) is 10.0. The van der Waals surface area contributed by atoms with E-state index in [1.165, 1.54) is 24.1 Å². The van der Waals surface area contributed by atoms with Gasteiger partial charge in [-0.25, -0.2) is 9.87 Å². The average Bonchev–Trinajstić information content (AvgIpc) is 2.45. The molecule has 0 saturated carbocycles. The summed E-state index contributed by atoms with van der Waals surface area (Å²) in [6, 6.07) is 12.7. The fraction of sp³-hybridized carbons (Fsp3) is 0. The highest BCUT2D eigenvalue weighted by atomic mass is 32.2. The van der Waals surface area contributed by atoms with Crippen LogP contribution in [0.4, 0.5) is 10.1 Å². The third kappa shape index (κ3) is 3.70. The van der Waals surface area contributed by atoms with E-state index in [1.807, 2.05) is 0 Å². The van der Waals surface area contributed by atoms with Gasteiger partial charge in [-0.3, -0.25) is 10.0 Å². The smallest absolute Gasteiger partial charge is 0.274 e. The lowest BCUT2D eigenvalue weighted by Crippen LogP contribution is -2.18. The van der Waals surface area contributed by atoms with Crippen molar-refractivity contribution in [2.45, 2.75) is 4.90 Å².